The van der Waals surface area contributed by atoms with Gasteiger partial charge in [0.05, 0.1) is 4.90 Å². The lowest BCUT2D eigenvalue weighted by Crippen LogP contribution is -2.26. The van der Waals surface area contributed by atoms with Gasteiger partial charge >= 0.3 is 0 Å². The fraction of sp³-hybridized carbons (Fsp3) is 0.583. The first kappa shape index (κ1) is 36.9. The lowest BCUT2D eigenvalue weighted by molar-refractivity contribution is -0.162. The number of ether oxygens (including phenoxy) is 3. The maximum absolute atomic E-state index is 13.4. The van der Waals surface area contributed by atoms with E-state index in [1.807, 2.05) is 37.3 Å². The number of aryl methyl sites for hydroxylation is 1. The Balaban J connectivity index is 1.17. The largest absolute Gasteiger partial charge is 0.487 e. The van der Waals surface area contributed by atoms with Gasteiger partial charge in [-0.05, 0) is 73.9 Å². The molecule has 0 saturated carbocycles. The lowest BCUT2D eigenvalue weighted by Gasteiger charge is -2.22. The fourth-order valence-electron chi connectivity index (χ4n) is 5.89. The lowest BCUT2D eigenvalue weighted by atomic mass is 10.0. The van der Waals surface area contributed by atoms with Gasteiger partial charge in [-0.1, -0.05) is 75.6 Å². The molecule has 2 aromatic carbocycles. The van der Waals surface area contributed by atoms with Crippen molar-refractivity contribution in [2.45, 2.75) is 120 Å². The molecule has 0 bridgehead atoms. The minimum atomic E-state index is -3.76. The highest BCUT2D eigenvalue weighted by molar-refractivity contribution is 7.89. The van der Waals surface area contributed by atoms with E-state index in [-0.39, 0.29) is 29.6 Å². The van der Waals surface area contributed by atoms with E-state index in [0.717, 1.165) is 73.9 Å². The van der Waals surface area contributed by atoms with Crippen molar-refractivity contribution in [1.29, 1.82) is 0 Å². The van der Waals surface area contributed by atoms with Gasteiger partial charge in [-0.2, -0.15) is 0 Å². The van der Waals surface area contributed by atoms with E-state index < -0.39 is 10.0 Å². The van der Waals surface area contributed by atoms with Crippen molar-refractivity contribution in [2.75, 3.05) is 19.8 Å². The van der Waals surface area contributed by atoms with E-state index in [9.17, 15) is 8.42 Å². The smallest absolute Gasteiger partial charge is 0.240 e. The number of hydrogen-bond donors (Lipinski definition) is 1. The Hall–Kier alpha value is -1.94. The zero-order chi connectivity index (χ0) is 32.6. The van der Waals surface area contributed by atoms with Crippen molar-refractivity contribution in [1.82, 2.24) is 9.71 Å². The minimum Gasteiger partial charge on any atom is -0.487 e. The van der Waals surface area contributed by atoms with E-state index in [1.54, 1.807) is 12.1 Å². The van der Waals surface area contributed by atoms with Gasteiger partial charge in [0.1, 0.15) is 17.9 Å². The molecule has 254 valence electrons. The van der Waals surface area contributed by atoms with Gasteiger partial charge in [-0.3, -0.25) is 0 Å². The average molecular weight is 694 g/mol. The van der Waals surface area contributed by atoms with Gasteiger partial charge in [0, 0.05) is 42.6 Å². The molecule has 1 fully saturated rings. The molecule has 1 saturated heterocycles. The van der Waals surface area contributed by atoms with Gasteiger partial charge in [0.25, 0.3) is 0 Å². The summed E-state index contributed by atoms with van der Waals surface area (Å²) in [5.41, 5.74) is 3.65. The van der Waals surface area contributed by atoms with Crippen molar-refractivity contribution in [3.63, 3.8) is 0 Å². The Kier molecular flexibility index (Phi) is 15.9. The molecule has 1 aliphatic heterocycles. The second-order valence-electron chi connectivity index (χ2n) is 12.1. The van der Waals surface area contributed by atoms with Crippen LogP contribution in [0.2, 0.25) is 0 Å². The molecule has 7 nitrogen and oxygen atoms in total. The van der Waals surface area contributed by atoms with Crippen molar-refractivity contribution >= 4 is 44.1 Å². The summed E-state index contributed by atoms with van der Waals surface area (Å²) >= 11 is 12.6. The number of nitrogens with one attached hydrogen (secondary N) is 1. The molecule has 1 unspecified atom stereocenters. The van der Waals surface area contributed by atoms with Crippen LogP contribution in [0.15, 0.2) is 47.4 Å². The molecule has 0 aliphatic carbocycles. The van der Waals surface area contributed by atoms with Gasteiger partial charge in [0.2, 0.25) is 10.0 Å². The van der Waals surface area contributed by atoms with Crippen LogP contribution in [-0.4, -0.2) is 39.5 Å². The molecule has 10 heteroatoms. The van der Waals surface area contributed by atoms with Crippen molar-refractivity contribution in [3.05, 3.63) is 64.8 Å². The minimum absolute atomic E-state index is 0.0236. The summed E-state index contributed by atoms with van der Waals surface area (Å²) in [6, 6.07) is 13.1. The third-order valence-corrected chi connectivity index (χ3v) is 10.7. The normalized spacial score (nSPS) is 15.4. The highest BCUT2D eigenvalue weighted by Gasteiger charge is 2.23. The Morgan fingerprint density at radius 2 is 1.61 bits per heavy atom. The molecule has 46 heavy (non-hydrogen) atoms. The molecular formula is C36H50Cl2N2O5S. The number of alkyl halides is 2. The Bertz CT molecular complexity index is 1460. The zero-order valence-corrected chi connectivity index (χ0v) is 29.5. The second-order valence-corrected chi connectivity index (χ2v) is 14.4. The molecule has 4 rings (SSSR count). The van der Waals surface area contributed by atoms with Crippen LogP contribution in [-0.2, 0) is 37.9 Å². The number of para-hydroxylation sites is 1. The highest BCUT2D eigenvalue weighted by Crippen LogP contribution is 2.30. The maximum atomic E-state index is 13.4. The molecule has 2 heterocycles. The topological polar surface area (TPSA) is 86.8 Å². The summed E-state index contributed by atoms with van der Waals surface area (Å²) in [6.45, 7) is 4.10. The van der Waals surface area contributed by atoms with Crippen LogP contribution in [0.3, 0.4) is 0 Å². The highest BCUT2D eigenvalue weighted by atomic mass is 35.5. The molecule has 1 aromatic heterocycles. The molecule has 0 amide bonds. The van der Waals surface area contributed by atoms with Crippen LogP contribution in [0, 0.1) is 6.92 Å². The standard InChI is InChI=1S/C36H50Cl2N2O5S/c1-28-18-19-29-15-14-16-33(36(29)40-28)45-27-32-30(25-37)20-21-34(31(32)26-38)46(41,42)39-22-11-8-6-4-2-3-5-7-9-12-23-43-35-17-10-13-24-44-35/h14-16,18-21,35,39H,2-13,17,22-27H2,1H3. The summed E-state index contributed by atoms with van der Waals surface area (Å²) in [4.78, 5) is 4.81. The quantitative estimate of drug-likeness (QED) is 0.0884. The Morgan fingerprint density at radius 1 is 0.870 bits per heavy atom. The van der Waals surface area contributed by atoms with Gasteiger partial charge in [-0.25, -0.2) is 18.1 Å². The molecule has 0 spiro atoms. The number of pyridine rings is 1. The van der Waals surface area contributed by atoms with Crippen LogP contribution in [0.4, 0.5) is 0 Å². The summed E-state index contributed by atoms with van der Waals surface area (Å²) < 4.78 is 47.1. The third-order valence-electron chi connectivity index (χ3n) is 8.55. The summed E-state index contributed by atoms with van der Waals surface area (Å²) in [5.74, 6) is 0.865. The predicted octanol–water partition coefficient (Wildman–Crippen LogP) is 9.32. The molecule has 1 aliphatic rings. The van der Waals surface area contributed by atoms with Crippen LogP contribution >= 0.6 is 23.2 Å². The van der Waals surface area contributed by atoms with E-state index in [2.05, 4.69) is 9.71 Å². The molecule has 3 aromatic rings. The number of sulfonamides is 1. The van der Waals surface area contributed by atoms with E-state index in [4.69, 9.17) is 37.4 Å². The maximum Gasteiger partial charge on any atom is 0.240 e. The number of aromatic nitrogens is 1. The van der Waals surface area contributed by atoms with Gasteiger partial charge in [-0.15, -0.1) is 23.2 Å². The van der Waals surface area contributed by atoms with E-state index >= 15 is 0 Å². The van der Waals surface area contributed by atoms with Crippen LogP contribution < -0.4 is 9.46 Å². The summed E-state index contributed by atoms with van der Waals surface area (Å²) in [7, 11) is -3.76. The zero-order valence-electron chi connectivity index (χ0n) is 27.2. The van der Waals surface area contributed by atoms with E-state index in [1.165, 1.54) is 44.9 Å². The predicted molar refractivity (Wildman–Crippen MR) is 187 cm³/mol. The second kappa shape index (κ2) is 19.8. The number of benzene rings is 2. The molecule has 1 N–H and O–H groups in total. The first-order chi connectivity index (χ1) is 22.4. The molecular weight excluding hydrogens is 643 g/mol. The van der Waals surface area contributed by atoms with Crippen molar-refractivity contribution < 1.29 is 22.6 Å². The SMILES string of the molecule is Cc1ccc2cccc(OCc3c(CCl)ccc(S(=O)(=O)NCCCCCCCCCCCCOC4CCCCO4)c3CCl)c2n1. The van der Waals surface area contributed by atoms with E-state index in [0.29, 0.717) is 23.4 Å². The number of rotatable bonds is 21. The van der Waals surface area contributed by atoms with Gasteiger partial charge in [0.15, 0.2) is 6.29 Å². The Morgan fingerprint density at radius 3 is 2.30 bits per heavy atom. The first-order valence-corrected chi connectivity index (χ1v) is 19.5. The number of fused-ring (bicyclic) bond motifs is 1. The third kappa shape index (κ3) is 11.3. The molecule has 0 radical (unpaired) electrons. The number of halogens is 2. The van der Waals surface area contributed by atoms with Crippen LogP contribution in [0.1, 0.15) is 106 Å². The average Bonchev–Trinajstić information content (AvgIpc) is 3.07. The van der Waals surface area contributed by atoms with Crippen LogP contribution in [0.5, 0.6) is 5.75 Å². The molecule has 1 atom stereocenters. The number of unbranched alkanes of at least 4 members (excludes halogenated alkanes) is 9. The fourth-order valence-corrected chi connectivity index (χ4v) is 7.86. The van der Waals surface area contributed by atoms with Crippen LogP contribution in [0.25, 0.3) is 10.9 Å². The summed E-state index contributed by atoms with van der Waals surface area (Å²) in [6.07, 6.45) is 14.8. The Labute approximate surface area is 285 Å². The number of hydrogen-bond acceptors (Lipinski definition) is 6. The van der Waals surface area contributed by atoms with Crippen molar-refractivity contribution in [3.8, 4) is 5.75 Å². The monoisotopic (exact) mass is 692 g/mol. The van der Waals surface area contributed by atoms with Crippen molar-refractivity contribution in [2.24, 2.45) is 0 Å². The summed E-state index contributed by atoms with van der Waals surface area (Å²) in [5, 5.41) is 0.969. The first-order valence-electron chi connectivity index (χ1n) is 16.9. The van der Waals surface area contributed by atoms with Gasteiger partial charge < -0.3 is 14.2 Å². The number of nitrogens with zero attached hydrogens (tertiary/aromatic N) is 1.